The number of ether oxygens (including phenoxy) is 2. The molecule has 40 heavy (non-hydrogen) atoms. The molecule has 0 saturated heterocycles. The highest BCUT2D eigenvalue weighted by atomic mass is 16.5. The highest BCUT2D eigenvalue weighted by molar-refractivity contribution is 5.98. The average molecular weight is 550 g/mol. The number of fused-ring (bicyclic) bond motifs is 2. The Balaban J connectivity index is 1.14. The Morgan fingerprint density at radius 1 is 1.10 bits per heavy atom. The number of hydrogen-bond donors (Lipinski definition) is 3. The molecule has 9 heteroatoms. The first-order valence-electron chi connectivity index (χ1n) is 14.7. The number of carboxylic acid groups (broad SMARTS) is 1. The van der Waals surface area contributed by atoms with Gasteiger partial charge in [0.15, 0.2) is 0 Å². The smallest absolute Gasteiger partial charge is 0.306 e. The van der Waals surface area contributed by atoms with Crippen molar-refractivity contribution in [2.45, 2.75) is 83.3 Å². The van der Waals surface area contributed by atoms with Crippen molar-refractivity contribution in [3.8, 4) is 17.6 Å². The zero-order valence-electron chi connectivity index (χ0n) is 23.3. The molecule has 3 N–H and O–H groups in total. The van der Waals surface area contributed by atoms with Gasteiger partial charge in [0.25, 0.3) is 5.91 Å². The van der Waals surface area contributed by atoms with Crippen LogP contribution in [0.4, 0.5) is 0 Å². The summed E-state index contributed by atoms with van der Waals surface area (Å²) in [6, 6.07) is 5.02. The number of nitrogens with zero attached hydrogens (tertiary/aromatic N) is 1. The molecule has 214 valence electrons. The lowest BCUT2D eigenvalue weighted by Crippen LogP contribution is -2.53. The second-order valence-corrected chi connectivity index (χ2v) is 13.5. The van der Waals surface area contributed by atoms with Gasteiger partial charge in [-0.25, -0.2) is 0 Å². The fourth-order valence-corrected chi connectivity index (χ4v) is 8.23. The van der Waals surface area contributed by atoms with Crippen molar-refractivity contribution in [2.75, 3.05) is 13.7 Å². The molecule has 6 rings (SSSR count). The van der Waals surface area contributed by atoms with Crippen LogP contribution >= 0.6 is 0 Å². The lowest BCUT2D eigenvalue weighted by molar-refractivity contribution is -0.161. The van der Waals surface area contributed by atoms with Crippen LogP contribution in [0.1, 0.15) is 87.1 Å². The molecule has 5 fully saturated rings. The highest BCUT2D eigenvalue weighted by Gasteiger charge is 2.56. The highest BCUT2D eigenvalue weighted by Crippen LogP contribution is 2.59. The van der Waals surface area contributed by atoms with E-state index >= 15 is 0 Å². The van der Waals surface area contributed by atoms with Crippen LogP contribution in [0.3, 0.4) is 0 Å². The fourth-order valence-electron chi connectivity index (χ4n) is 8.23. The van der Waals surface area contributed by atoms with Gasteiger partial charge in [0.05, 0.1) is 36.2 Å². The molecular weight excluding hydrogens is 510 g/mol. The molecule has 2 bridgehead atoms. The minimum atomic E-state index is -0.740. The standard InChI is InChI=1S/C31H39N3O6/c1-30(6-3-7-30)16-33-28(36)25-17-4-5-18(8-17)26(25)34-27(35)22-10-23(19(15-32)9-24(22)39-2)40-21-13-31(14-21)11-20(12-31)29(37)38/h9-10,17-18,20-21,25-26H,3-8,11-14,16H2,1-2H3,(H,33,36)(H,34,35)(H,37,38). The SMILES string of the molecule is COc1cc(C#N)c(OC2CC3(C2)CC(C(=O)O)C3)cc1C(=O)NC1C2CCC(C2)C1C(=O)NCC1(C)CCC1. The number of methoxy groups -OCH3 is 1. The molecule has 5 saturated carbocycles. The Bertz CT molecular complexity index is 1250. The zero-order chi connectivity index (χ0) is 28.2. The van der Waals surface area contributed by atoms with Crippen LogP contribution in [0.5, 0.6) is 11.5 Å². The van der Waals surface area contributed by atoms with Gasteiger partial charge in [0, 0.05) is 18.7 Å². The van der Waals surface area contributed by atoms with E-state index in [0.29, 0.717) is 25.1 Å². The second-order valence-electron chi connectivity index (χ2n) is 13.5. The monoisotopic (exact) mass is 549 g/mol. The molecule has 0 radical (unpaired) electrons. The van der Waals surface area contributed by atoms with Crippen LogP contribution < -0.4 is 20.1 Å². The van der Waals surface area contributed by atoms with Crippen molar-refractivity contribution < 1.29 is 29.0 Å². The van der Waals surface area contributed by atoms with Crippen LogP contribution in [0.2, 0.25) is 0 Å². The molecular formula is C31H39N3O6. The number of carbonyl (C=O) groups excluding carboxylic acids is 2. The average Bonchev–Trinajstić information content (AvgIpc) is 3.48. The molecule has 0 aliphatic heterocycles. The Kier molecular flexibility index (Phi) is 6.71. The minimum Gasteiger partial charge on any atom is -0.496 e. The summed E-state index contributed by atoms with van der Waals surface area (Å²) in [5.74, 6) is -0.371. The number of hydrogen-bond acceptors (Lipinski definition) is 6. The van der Waals surface area contributed by atoms with E-state index in [1.807, 2.05) is 0 Å². The van der Waals surface area contributed by atoms with Gasteiger partial charge < -0.3 is 25.2 Å². The molecule has 5 aliphatic rings. The van der Waals surface area contributed by atoms with Crippen LogP contribution in [0, 0.1) is 45.8 Å². The maximum absolute atomic E-state index is 13.7. The molecule has 5 aliphatic carbocycles. The molecule has 0 heterocycles. The molecule has 1 aromatic rings. The van der Waals surface area contributed by atoms with Crippen LogP contribution in [-0.4, -0.2) is 48.7 Å². The van der Waals surface area contributed by atoms with Gasteiger partial charge in [-0.2, -0.15) is 5.26 Å². The van der Waals surface area contributed by atoms with Crippen LogP contribution in [0.15, 0.2) is 12.1 Å². The number of carboxylic acids is 1. The lowest BCUT2D eigenvalue weighted by Gasteiger charge is -2.56. The first-order valence-corrected chi connectivity index (χ1v) is 14.7. The number of nitriles is 1. The largest absolute Gasteiger partial charge is 0.496 e. The zero-order valence-corrected chi connectivity index (χ0v) is 23.3. The third-order valence-corrected chi connectivity index (χ3v) is 10.8. The predicted octanol–water partition coefficient (Wildman–Crippen LogP) is 4.04. The molecule has 0 aromatic heterocycles. The number of rotatable bonds is 9. The van der Waals surface area contributed by atoms with Gasteiger partial charge in [-0.3, -0.25) is 14.4 Å². The predicted molar refractivity (Wildman–Crippen MR) is 145 cm³/mol. The molecule has 1 spiro atoms. The van der Waals surface area contributed by atoms with E-state index in [9.17, 15) is 24.8 Å². The van der Waals surface area contributed by atoms with E-state index in [2.05, 4.69) is 23.6 Å². The van der Waals surface area contributed by atoms with Crippen LogP contribution in [-0.2, 0) is 9.59 Å². The molecule has 2 amide bonds. The lowest BCUT2D eigenvalue weighted by atomic mass is 9.50. The number of aliphatic carboxylic acids is 1. The molecule has 4 unspecified atom stereocenters. The van der Waals surface area contributed by atoms with Crippen molar-refractivity contribution in [2.24, 2.45) is 34.5 Å². The Labute approximate surface area is 235 Å². The summed E-state index contributed by atoms with van der Waals surface area (Å²) in [7, 11) is 1.47. The van der Waals surface area contributed by atoms with Crippen molar-refractivity contribution >= 4 is 17.8 Å². The van der Waals surface area contributed by atoms with Gasteiger partial charge in [-0.1, -0.05) is 13.3 Å². The third-order valence-electron chi connectivity index (χ3n) is 10.8. The van der Waals surface area contributed by atoms with E-state index < -0.39 is 5.97 Å². The summed E-state index contributed by atoms with van der Waals surface area (Å²) in [6.07, 6.45) is 9.16. The first-order chi connectivity index (χ1) is 19.1. The van der Waals surface area contributed by atoms with E-state index in [1.165, 1.54) is 19.6 Å². The van der Waals surface area contributed by atoms with Crippen molar-refractivity contribution in [3.05, 3.63) is 23.3 Å². The van der Waals surface area contributed by atoms with Crippen LogP contribution in [0.25, 0.3) is 0 Å². The van der Waals surface area contributed by atoms with Gasteiger partial charge in [0.2, 0.25) is 5.91 Å². The topological polar surface area (TPSA) is 138 Å². The second kappa shape index (κ2) is 9.97. The number of benzene rings is 1. The number of amides is 2. The maximum atomic E-state index is 13.7. The summed E-state index contributed by atoms with van der Waals surface area (Å²) in [4.78, 5) is 38.2. The summed E-state index contributed by atoms with van der Waals surface area (Å²) in [5.41, 5.74) is 0.785. The van der Waals surface area contributed by atoms with E-state index in [4.69, 9.17) is 9.47 Å². The van der Waals surface area contributed by atoms with Crippen molar-refractivity contribution in [1.82, 2.24) is 10.6 Å². The summed E-state index contributed by atoms with van der Waals surface area (Å²) in [5, 5.41) is 25.3. The summed E-state index contributed by atoms with van der Waals surface area (Å²) in [6.45, 7) is 2.90. The Hall–Kier alpha value is -3.28. The van der Waals surface area contributed by atoms with E-state index in [-0.39, 0.29) is 75.3 Å². The Morgan fingerprint density at radius 2 is 1.82 bits per heavy atom. The van der Waals surface area contributed by atoms with Gasteiger partial charge in [-0.05, 0) is 86.5 Å². The Morgan fingerprint density at radius 3 is 2.45 bits per heavy atom. The van der Waals surface area contributed by atoms with E-state index in [0.717, 1.165) is 44.9 Å². The minimum absolute atomic E-state index is 0.0284. The summed E-state index contributed by atoms with van der Waals surface area (Å²) < 4.78 is 11.7. The van der Waals surface area contributed by atoms with Gasteiger partial charge in [0.1, 0.15) is 17.6 Å². The first kappa shape index (κ1) is 26.9. The molecule has 4 atom stereocenters. The normalized spacial score (nSPS) is 34.5. The number of carbonyl (C=O) groups is 3. The fraction of sp³-hybridized carbons (Fsp3) is 0.677. The van der Waals surface area contributed by atoms with E-state index in [1.54, 1.807) is 6.07 Å². The third kappa shape index (κ3) is 4.69. The van der Waals surface area contributed by atoms with Gasteiger partial charge in [-0.15, -0.1) is 0 Å². The maximum Gasteiger partial charge on any atom is 0.306 e. The molecule has 9 nitrogen and oxygen atoms in total. The van der Waals surface area contributed by atoms with Crippen molar-refractivity contribution in [3.63, 3.8) is 0 Å². The van der Waals surface area contributed by atoms with Crippen molar-refractivity contribution in [1.29, 1.82) is 5.26 Å². The number of nitrogens with one attached hydrogen (secondary N) is 2. The summed E-state index contributed by atoms with van der Waals surface area (Å²) >= 11 is 0. The van der Waals surface area contributed by atoms with Gasteiger partial charge >= 0.3 is 5.97 Å². The molecule has 1 aromatic carbocycles. The quantitative estimate of drug-likeness (QED) is 0.423.